The highest BCUT2D eigenvalue weighted by Crippen LogP contribution is 2.16. The number of amides is 1. The van der Waals surface area contributed by atoms with Crippen molar-refractivity contribution in [3.05, 3.63) is 65.5 Å². The average Bonchev–Trinajstić information content (AvgIpc) is 2.70. The minimum absolute atomic E-state index is 0.0558. The monoisotopic (exact) mass is 431 g/mol. The molecule has 0 fully saturated rings. The number of methoxy groups -OCH3 is 1. The van der Waals surface area contributed by atoms with Crippen LogP contribution in [0, 0.1) is 11.7 Å². The van der Waals surface area contributed by atoms with Gasteiger partial charge in [-0.15, -0.1) is 0 Å². The molecule has 0 heterocycles. The van der Waals surface area contributed by atoms with Crippen LogP contribution >= 0.6 is 0 Å². The molecule has 0 aliphatic heterocycles. The van der Waals surface area contributed by atoms with Crippen molar-refractivity contribution in [1.82, 2.24) is 5.32 Å². The van der Waals surface area contributed by atoms with E-state index in [1.165, 1.54) is 13.2 Å². The minimum atomic E-state index is -0.636. The van der Waals surface area contributed by atoms with Gasteiger partial charge < -0.3 is 19.5 Å². The molecule has 7 heteroatoms. The smallest absolute Gasteiger partial charge is 0.307 e. The van der Waals surface area contributed by atoms with Crippen LogP contribution in [-0.4, -0.2) is 31.2 Å². The zero-order valence-corrected chi connectivity index (χ0v) is 18.4. The standard InChI is InChI=1S/C24H30FNO5/c1-24(2,3)31-22(27)13-19(15-29-4)23(28)26-14-17-9-11-20(12-10-17)30-16-18-7-5-6-8-21(18)25/h5-12,19H,13-16H2,1-4H3,(H,26,28)/t19-/m1/s1. The molecular formula is C24H30FNO5. The van der Waals surface area contributed by atoms with E-state index in [1.54, 1.807) is 51.1 Å². The van der Waals surface area contributed by atoms with Crippen LogP contribution in [-0.2, 0) is 32.2 Å². The van der Waals surface area contributed by atoms with Crippen LogP contribution in [0.3, 0.4) is 0 Å². The number of benzene rings is 2. The summed E-state index contributed by atoms with van der Waals surface area (Å²) in [4.78, 5) is 24.6. The quantitative estimate of drug-likeness (QED) is 0.576. The van der Waals surface area contributed by atoms with Gasteiger partial charge in [-0.1, -0.05) is 30.3 Å². The zero-order chi connectivity index (χ0) is 22.9. The number of nitrogens with one attached hydrogen (secondary N) is 1. The maximum absolute atomic E-state index is 13.7. The molecule has 0 saturated carbocycles. The van der Waals surface area contributed by atoms with Gasteiger partial charge in [-0.2, -0.15) is 0 Å². The second kappa shape index (κ2) is 11.5. The van der Waals surface area contributed by atoms with Gasteiger partial charge in [0.25, 0.3) is 0 Å². The second-order valence-corrected chi connectivity index (χ2v) is 8.18. The van der Waals surface area contributed by atoms with Crippen LogP contribution in [0.4, 0.5) is 4.39 Å². The van der Waals surface area contributed by atoms with Gasteiger partial charge in [-0.3, -0.25) is 9.59 Å². The van der Waals surface area contributed by atoms with Gasteiger partial charge in [0.2, 0.25) is 5.91 Å². The molecule has 2 rings (SSSR count). The summed E-state index contributed by atoms with van der Waals surface area (Å²) in [7, 11) is 1.48. The summed E-state index contributed by atoms with van der Waals surface area (Å²) in [5, 5.41) is 2.82. The van der Waals surface area contributed by atoms with Gasteiger partial charge in [-0.05, 0) is 44.5 Å². The van der Waals surface area contributed by atoms with Crippen LogP contribution in [0.5, 0.6) is 5.75 Å². The van der Waals surface area contributed by atoms with Crippen molar-refractivity contribution in [2.75, 3.05) is 13.7 Å². The topological polar surface area (TPSA) is 73.9 Å². The highest BCUT2D eigenvalue weighted by atomic mass is 19.1. The number of rotatable bonds is 10. The van der Waals surface area contributed by atoms with E-state index >= 15 is 0 Å². The first kappa shape index (κ1) is 24.3. The summed E-state index contributed by atoms with van der Waals surface area (Å²) < 4.78 is 29.6. The Balaban J connectivity index is 1.85. The van der Waals surface area contributed by atoms with Gasteiger partial charge in [0.15, 0.2) is 0 Å². The fourth-order valence-electron chi connectivity index (χ4n) is 2.83. The van der Waals surface area contributed by atoms with E-state index in [9.17, 15) is 14.0 Å². The van der Waals surface area contributed by atoms with E-state index in [0.29, 0.717) is 17.9 Å². The number of hydrogen-bond donors (Lipinski definition) is 1. The lowest BCUT2D eigenvalue weighted by molar-refractivity contribution is -0.158. The van der Waals surface area contributed by atoms with Crippen LogP contribution in [0.25, 0.3) is 0 Å². The lowest BCUT2D eigenvalue weighted by Gasteiger charge is -2.21. The Labute approximate surface area is 182 Å². The summed E-state index contributed by atoms with van der Waals surface area (Å²) in [6.45, 7) is 5.88. The number of carbonyl (C=O) groups excluding carboxylic acids is 2. The van der Waals surface area contributed by atoms with Crippen molar-refractivity contribution in [3.8, 4) is 5.75 Å². The van der Waals surface area contributed by atoms with Gasteiger partial charge in [-0.25, -0.2) is 4.39 Å². The molecule has 0 radical (unpaired) electrons. The first-order chi connectivity index (χ1) is 14.7. The average molecular weight is 432 g/mol. The maximum atomic E-state index is 13.7. The fraction of sp³-hybridized carbons (Fsp3) is 0.417. The lowest BCUT2D eigenvalue weighted by atomic mass is 10.1. The normalized spacial score (nSPS) is 12.2. The van der Waals surface area contributed by atoms with E-state index in [2.05, 4.69) is 5.32 Å². The molecule has 168 valence electrons. The lowest BCUT2D eigenvalue weighted by Crippen LogP contribution is -2.35. The first-order valence-electron chi connectivity index (χ1n) is 10.1. The summed E-state index contributed by atoms with van der Waals surface area (Å²) in [6, 6.07) is 13.6. The van der Waals surface area contributed by atoms with E-state index in [0.717, 1.165) is 5.56 Å². The number of carbonyl (C=O) groups is 2. The summed E-state index contributed by atoms with van der Waals surface area (Å²) in [6.07, 6.45) is -0.0558. The van der Waals surface area contributed by atoms with Crippen molar-refractivity contribution in [2.24, 2.45) is 5.92 Å². The Morgan fingerprint density at radius 1 is 1.06 bits per heavy atom. The molecule has 31 heavy (non-hydrogen) atoms. The van der Waals surface area contributed by atoms with Crippen molar-refractivity contribution in [2.45, 2.75) is 45.9 Å². The molecular weight excluding hydrogens is 401 g/mol. The third-order valence-electron chi connectivity index (χ3n) is 4.31. The number of hydrogen-bond acceptors (Lipinski definition) is 5. The Hall–Kier alpha value is -2.93. The van der Waals surface area contributed by atoms with E-state index in [-0.39, 0.29) is 31.4 Å². The molecule has 2 aromatic rings. The molecule has 1 amide bonds. The van der Waals surface area contributed by atoms with E-state index in [4.69, 9.17) is 14.2 Å². The zero-order valence-electron chi connectivity index (χ0n) is 18.4. The molecule has 0 aliphatic carbocycles. The van der Waals surface area contributed by atoms with Gasteiger partial charge in [0.05, 0.1) is 18.9 Å². The maximum Gasteiger partial charge on any atom is 0.307 e. The van der Waals surface area contributed by atoms with Gasteiger partial charge in [0.1, 0.15) is 23.8 Å². The molecule has 0 spiro atoms. The highest BCUT2D eigenvalue weighted by molar-refractivity contribution is 5.84. The Morgan fingerprint density at radius 3 is 2.35 bits per heavy atom. The molecule has 0 bridgehead atoms. The molecule has 0 aliphatic rings. The Kier molecular flexibility index (Phi) is 9.00. The SMILES string of the molecule is COC[C@@H](CC(=O)OC(C)(C)C)C(=O)NCc1ccc(OCc2ccccc2F)cc1. The number of ether oxygens (including phenoxy) is 3. The van der Waals surface area contributed by atoms with E-state index < -0.39 is 17.5 Å². The molecule has 0 saturated heterocycles. The van der Waals surface area contributed by atoms with Crippen molar-refractivity contribution >= 4 is 11.9 Å². The summed E-state index contributed by atoms with van der Waals surface area (Å²) in [5.74, 6) is -1.07. The predicted molar refractivity (Wildman–Crippen MR) is 115 cm³/mol. The summed E-state index contributed by atoms with van der Waals surface area (Å²) >= 11 is 0. The Bertz CT molecular complexity index is 861. The summed E-state index contributed by atoms with van der Waals surface area (Å²) in [5.41, 5.74) is 0.731. The van der Waals surface area contributed by atoms with Crippen molar-refractivity contribution in [1.29, 1.82) is 0 Å². The number of halogens is 1. The van der Waals surface area contributed by atoms with Crippen LogP contribution in [0.1, 0.15) is 38.3 Å². The Morgan fingerprint density at radius 2 is 1.74 bits per heavy atom. The van der Waals surface area contributed by atoms with Crippen LogP contribution in [0.2, 0.25) is 0 Å². The van der Waals surface area contributed by atoms with Crippen LogP contribution < -0.4 is 10.1 Å². The van der Waals surface area contributed by atoms with Crippen molar-refractivity contribution in [3.63, 3.8) is 0 Å². The third kappa shape index (κ3) is 8.76. The van der Waals surface area contributed by atoms with Gasteiger partial charge >= 0.3 is 5.97 Å². The molecule has 6 nitrogen and oxygen atoms in total. The van der Waals surface area contributed by atoms with E-state index in [1.807, 2.05) is 12.1 Å². The molecule has 1 N–H and O–H groups in total. The predicted octanol–water partition coefficient (Wildman–Crippen LogP) is 4.02. The van der Waals surface area contributed by atoms with Gasteiger partial charge in [0, 0.05) is 19.2 Å². The third-order valence-corrected chi connectivity index (χ3v) is 4.31. The number of esters is 1. The van der Waals surface area contributed by atoms with Crippen molar-refractivity contribution < 1.29 is 28.2 Å². The molecule has 1 atom stereocenters. The highest BCUT2D eigenvalue weighted by Gasteiger charge is 2.25. The molecule has 0 aromatic heterocycles. The fourth-order valence-corrected chi connectivity index (χ4v) is 2.83. The minimum Gasteiger partial charge on any atom is -0.489 e. The largest absolute Gasteiger partial charge is 0.489 e. The molecule has 0 unspecified atom stereocenters. The first-order valence-corrected chi connectivity index (χ1v) is 10.1. The second-order valence-electron chi connectivity index (χ2n) is 8.18. The molecule has 2 aromatic carbocycles. The van der Waals surface area contributed by atoms with Crippen LogP contribution in [0.15, 0.2) is 48.5 Å².